The molecule has 216 valence electrons. The summed E-state index contributed by atoms with van der Waals surface area (Å²) in [5, 5.41) is 9.65. The van der Waals surface area contributed by atoms with Crippen LogP contribution in [0.2, 0.25) is 0 Å². The van der Waals surface area contributed by atoms with Gasteiger partial charge in [-0.1, -0.05) is 84.9 Å². The number of hydrogen-bond acceptors (Lipinski definition) is 6. The summed E-state index contributed by atoms with van der Waals surface area (Å²) < 4.78 is 36.4. The SMILES string of the molecule is c1ccc2cc3c(COP4OCC5(CO4)COP(OCc4cccc6cc7ccccc7cc46)OC5)cccc3cc2c1. The van der Waals surface area contributed by atoms with Crippen molar-refractivity contribution < 1.29 is 27.1 Å². The molecule has 0 aliphatic carbocycles. The van der Waals surface area contributed by atoms with Crippen molar-refractivity contribution in [2.24, 2.45) is 5.41 Å². The molecule has 0 N–H and O–H groups in total. The third kappa shape index (κ3) is 5.67. The van der Waals surface area contributed by atoms with Crippen LogP contribution in [-0.2, 0) is 40.4 Å². The first-order chi connectivity index (χ1) is 21.2. The Morgan fingerprint density at radius 1 is 0.465 bits per heavy atom. The molecule has 0 saturated carbocycles. The molecule has 6 aromatic rings. The van der Waals surface area contributed by atoms with Crippen molar-refractivity contribution in [2.45, 2.75) is 13.2 Å². The second-order valence-corrected chi connectivity index (χ2v) is 13.7. The molecule has 2 saturated heterocycles. The molecule has 2 aliphatic heterocycles. The van der Waals surface area contributed by atoms with Gasteiger partial charge in [-0.05, 0) is 78.5 Å². The lowest BCUT2D eigenvalue weighted by atomic mass is 9.93. The van der Waals surface area contributed by atoms with Crippen LogP contribution in [0.5, 0.6) is 0 Å². The van der Waals surface area contributed by atoms with Crippen molar-refractivity contribution >= 4 is 60.3 Å². The first kappa shape index (κ1) is 27.5. The Labute approximate surface area is 252 Å². The Bertz CT molecular complexity index is 1780. The lowest BCUT2D eigenvalue weighted by Gasteiger charge is -2.41. The van der Waals surface area contributed by atoms with Crippen molar-refractivity contribution in [1.29, 1.82) is 0 Å². The van der Waals surface area contributed by atoms with E-state index in [2.05, 4.69) is 109 Å². The Balaban J connectivity index is 0.853. The van der Waals surface area contributed by atoms with E-state index in [1.54, 1.807) is 0 Å². The highest BCUT2D eigenvalue weighted by atomic mass is 31.2. The summed E-state index contributed by atoms with van der Waals surface area (Å²) >= 11 is 0. The summed E-state index contributed by atoms with van der Waals surface area (Å²) in [5.74, 6) is 0. The van der Waals surface area contributed by atoms with Crippen LogP contribution in [0.15, 0.2) is 109 Å². The van der Waals surface area contributed by atoms with Crippen LogP contribution >= 0.6 is 17.2 Å². The van der Waals surface area contributed by atoms with E-state index in [-0.39, 0.29) is 5.41 Å². The molecule has 2 fully saturated rings. The normalized spacial score (nSPS) is 22.6. The van der Waals surface area contributed by atoms with Gasteiger partial charge in [0.05, 0.1) is 45.1 Å². The molecule has 0 unspecified atom stereocenters. The minimum Gasteiger partial charge on any atom is -0.311 e. The van der Waals surface area contributed by atoms with Crippen LogP contribution in [0.3, 0.4) is 0 Å². The van der Waals surface area contributed by atoms with Crippen molar-refractivity contribution in [2.75, 3.05) is 26.4 Å². The average Bonchev–Trinajstić information content (AvgIpc) is 3.06. The maximum atomic E-state index is 6.11. The number of benzene rings is 6. The molecule has 0 amide bonds. The standard InChI is InChI=1S/C35H30O6P2/c1-3-9-27-17-33-29(15-25(27)7-1)11-5-13-31(33)19-36-42-38-21-35(22-39-42)23-40-43(41-24-35)37-20-32-14-6-12-30-16-26-8-2-4-10-28(26)18-34(30)32/h1-18H,19-24H2. The lowest BCUT2D eigenvalue weighted by Crippen LogP contribution is -2.44. The van der Waals surface area contributed by atoms with Crippen LogP contribution in [0.1, 0.15) is 11.1 Å². The zero-order valence-electron chi connectivity index (χ0n) is 23.5. The fraction of sp³-hybridized carbons (Fsp3) is 0.200. The minimum atomic E-state index is -1.45. The van der Waals surface area contributed by atoms with E-state index in [9.17, 15) is 0 Å². The molecule has 0 atom stereocenters. The van der Waals surface area contributed by atoms with Crippen LogP contribution in [0.4, 0.5) is 0 Å². The Kier molecular flexibility index (Phi) is 7.56. The van der Waals surface area contributed by atoms with E-state index < -0.39 is 17.2 Å². The zero-order valence-corrected chi connectivity index (χ0v) is 25.3. The zero-order chi connectivity index (χ0) is 28.6. The smallest absolute Gasteiger partial charge is 0.311 e. The van der Waals surface area contributed by atoms with Gasteiger partial charge in [0.1, 0.15) is 0 Å². The van der Waals surface area contributed by atoms with Crippen LogP contribution in [-0.4, -0.2) is 26.4 Å². The molecular formula is C35H30O6P2. The summed E-state index contributed by atoms with van der Waals surface area (Å²) in [6.07, 6.45) is 0. The second-order valence-electron chi connectivity index (χ2n) is 11.3. The summed E-state index contributed by atoms with van der Waals surface area (Å²) in [7, 11) is -2.90. The van der Waals surface area contributed by atoms with Gasteiger partial charge in [-0.25, -0.2) is 0 Å². The molecule has 43 heavy (non-hydrogen) atoms. The largest absolute Gasteiger partial charge is 0.333 e. The minimum absolute atomic E-state index is 0.360. The summed E-state index contributed by atoms with van der Waals surface area (Å²) in [5.41, 5.74) is 1.87. The third-order valence-electron chi connectivity index (χ3n) is 8.23. The van der Waals surface area contributed by atoms with E-state index in [1.165, 1.54) is 43.1 Å². The summed E-state index contributed by atoms with van der Waals surface area (Å²) in [6, 6.07) is 38.4. The highest BCUT2D eigenvalue weighted by Crippen LogP contribution is 2.53. The topological polar surface area (TPSA) is 55.4 Å². The van der Waals surface area contributed by atoms with Crippen LogP contribution in [0.25, 0.3) is 43.1 Å². The van der Waals surface area contributed by atoms with Gasteiger partial charge < -0.3 is 27.1 Å². The first-order valence-electron chi connectivity index (χ1n) is 14.4. The van der Waals surface area contributed by atoms with Gasteiger partial charge in [-0.2, -0.15) is 0 Å². The molecule has 6 nitrogen and oxygen atoms in total. The van der Waals surface area contributed by atoms with Crippen molar-refractivity contribution in [3.8, 4) is 0 Å². The molecule has 0 bridgehead atoms. The van der Waals surface area contributed by atoms with Crippen molar-refractivity contribution in [3.63, 3.8) is 0 Å². The van der Waals surface area contributed by atoms with E-state index in [4.69, 9.17) is 27.1 Å². The van der Waals surface area contributed by atoms with Gasteiger partial charge in [0.2, 0.25) is 0 Å². The van der Waals surface area contributed by atoms with Gasteiger partial charge in [0.15, 0.2) is 0 Å². The Morgan fingerprint density at radius 2 is 0.837 bits per heavy atom. The Morgan fingerprint density at radius 3 is 1.26 bits per heavy atom. The maximum absolute atomic E-state index is 6.11. The molecular weight excluding hydrogens is 578 g/mol. The maximum Gasteiger partial charge on any atom is 0.333 e. The molecule has 8 rings (SSSR count). The van der Waals surface area contributed by atoms with Crippen molar-refractivity contribution in [1.82, 2.24) is 0 Å². The second kappa shape index (κ2) is 11.8. The summed E-state index contributed by atoms with van der Waals surface area (Å²) in [4.78, 5) is 0. The fourth-order valence-corrected chi connectivity index (χ4v) is 8.24. The highest BCUT2D eigenvalue weighted by Gasteiger charge is 2.44. The quantitative estimate of drug-likeness (QED) is 0.139. The molecule has 6 aromatic carbocycles. The molecule has 0 aromatic heterocycles. The van der Waals surface area contributed by atoms with E-state index in [0.717, 1.165) is 11.1 Å². The molecule has 2 heterocycles. The molecule has 0 radical (unpaired) electrons. The van der Waals surface area contributed by atoms with Gasteiger partial charge in [-0.15, -0.1) is 0 Å². The molecule has 1 spiro atoms. The first-order valence-corrected chi connectivity index (χ1v) is 16.6. The van der Waals surface area contributed by atoms with Gasteiger partial charge in [0.25, 0.3) is 0 Å². The fourth-order valence-electron chi connectivity index (χ4n) is 5.79. The van der Waals surface area contributed by atoms with Crippen LogP contribution < -0.4 is 0 Å². The van der Waals surface area contributed by atoms with Crippen molar-refractivity contribution in [3.05, 3.63) is 120 Å². The third-order valence-corrected chi connectivity index (χ3v) is 10.3. The number of rotatable bonds is 6. The van der Waals surface area contributed by atoms with Crippen LogP contribution in [0, 0.1) is 5.41 Å². The van der Waals surface area contributed by atoms with E-state index in [0.29, 0.717) is 39.6 Å². The predicted octanol–water partition coefficient (Wildman–Crippen LogP) is 9.57. The van der Waals surface area contributed by atoms with E-state index >= 15 is 0 Å². The lowest BCUT2D eigenvalue weighted by molar-refractivity contribution is -0.0771. The highest BCUT2D eigenvalue weighted by molar-refractivity contribution is 7.42. The number of hydrogen-bond donors (Lipinski definition) is 0. The Hall–Kier alpha value is -3.02. The number of fused-ring (bicyclic) bond motifs is 4. The summed E-state index contributed by atoms with van der Waals surface area (Å²) in [6.45, 7) is 2.67. The predicted molar refractivity (Wildman–Crippen MR) is 173 cm³/mol. The monoisotopic (exact) mass is 608 g/mol. The van der Waals surface area contributed by atoms with Gasteiger partial charge in [0, 0.05) is 0 Å². The average molecular weight is 609 g/mol. The van der Waals surface area contributed by atoms with Gasteiger partial charge >= 0.3 is 17.2 Å². The van der Waals surface area contributed by atoms with Gasteiger partial charge in [-0.3, -0.25) is 0 Å². The molecule has 2 aliphatic rings. The van der Waals surface area contributed by atoms with E-state index in [1.807, 2.05) is 0 Å². The molecule has 8 heteroatoms.